The van der Waals surface area contributed by atoms with E-state index in [-0.39, 0.29) is 12.5 Å². The molecule has 19 heavy (non-hydrogen) atoms. The van der Waals surface area contributed by atoms with E-state index in [0.717, 1.165) is 0 Å². The number of hydrogen-bond donors (Lipinski definition) is 1. The quantitative estimate of drug-likeness (QED) is 0.828. The fourth-order valence-corrected chi connectivity index (χ4v) is 1.52. The van der Waals surface area contributed by atoms with E-state index in [1.54, 1.807) is 25.2 Å². The number of aliphatic hydroxyl groups excluding tert-OH is 1. The lowest BCUT2D eigenvalue weighted by Gasteiger charge is -2.16. The summed E-state index contributed by atoms with van der Waals surface area (Å²) in [6.07, 6.45) is 0.688. The predicted molar refractivity (Wildman–Crippen MR) is 72.2 cm³/mol. The minimum absolute atomic E-state index is 0.00514. The molecule has 0 aliphatic rings. The largest absolute Gasteiger partial charge is 0.395 e. The third-order valence-electron chi connectivity index (χ3n) is 2.52. The lowest BCUT2D eigenvalue weighted by atomic mass is 10.1. The highest BCUT2D eigenvalue weighted by Gasteiger charge is 2.13. The fraction of sp³-hybridized carbons (Fsp3) is 0.333. The van der Waals surface area contributed by atoms with Crippen molar-refractivity contribution < 1.29 is 9.90 Å². The van der Waals surface area contributed by atoms with Crippen LogP contribution in [0.25, 0.3) is 0 Å². The van der Waals surface area contributed by atoms with Gasteiger partial charge in [0.15, 0.2) is 0 Å². The standard InChI is InChI=1S/C15H16N2O2/c1-17(11-6-10-16)15(19)14-9-3-2-7-13(14)8-4-5-12-18/h2-3,7,9,18H,5-6,11-12H2,1H3. The number of amides is 1. The van der Waals surface area contributed by atoms with Crippen LogP contribution in [0.4, 0.5) is 0 Å². The maximum absolute atomic E-state index is 12.2. The molecule has 98 valence electrons. The van der Waals surface area contributed by atoms with E-state index in [4.69, 9.17) is 10.4 Å². The van der Waals surface area contributed by atoms with E-state index in [2.05, 4.69) is 11.8 Å². The molecule has 4 heteroatoms. The smallest absolute Gasteiger partial charge is 0.254 e. The number of carbonyl (C=O) groups is 1. The zero-order chi connectivity index (χ0) is 14.1. The van der Waals surface area contributed by atoms with Gasteiger partial charge in [-0.3, -0.25) is 4.79 Å². The topological polar surface area (TPSA) is 64.3 Å². The molecule has 0 bridgehead atoms. The van der Waals surface area contributed by atoms with Gasteiger partial charge in [-0.25, -0.2) is 0 Å². The Morgan fingerprint density at radius 2 is 2.11 bits per heavy atom. The zero-order valence-electron chi connectivity index (χ0n) is 10.9. The van der Waals surface area contributed by atoms with Crippen LogP contribution in [0, 0.1) is 23.2 Å². The molecule has 1 aromatic carbocycles. The molecule has 0 fully saturated rings. The molecule has 0 aromatic heterocycles. The Balaban J connectivity index is 2.92. The SMILES string of the molecule is CN(CCC#N)C(=O)c1ccccc1C#CCCO. The number of nitriles is 1. The summed E-state index contributed by atoms with van der Waals surface area (Å²) in [5, 5.41) is 17.2. The van der Waals surface area contributed by atoms with Crippen LogP contribution in [0.5, 0.6) is 0 Å². The molecular weight excluding hydrogens is 240 g/mol. The van der Waals surface area contributed by atoms with Crippen LogP contribution in [0.1, 0.15) is 28.8 Å². The van der Waals surface area contributed by atoms with Gasteiger partial charge < -0.3 is 10.0 Å². The van der Waals surface area contributed by atoms with Crippen LogP contribution in [-0.4, -0.2) is 36.1 Å². The van der Waals surface area contributed by atoms with Gasteiger partial charge in [-0.15, -0.1) is 0 Å². The highest BCUT2D eigenvalue weighted by molar-refractivity contribution is 5.96. The van der Waals surface area contributed by atoms with E-state index >= 15 is 0 Å². The van der Waals surface area contributed by atoms with Crippen LogP contribution in [0.3, 0.4) is 0 Å². The van der Waals surface area contributed by atoms with Crippen molar-refractivity contribution in [1.29, 1.82) is 5.26 Å². The summed E-state index contributed by atoms with van der Waals surface area (Å²) in [6.45, 7) is 0.402. The zero-order valence-corrected chi connectivity index (χ0v) is 10.9. The molecule has 0 saturated carbocycles. The van der Waals surface area contributed by atoms with Crippen molar-refractivity contribution in [1.82, 2.24) is 4.90 Å². The second-order valence-corrected chi connectivity index (χ2v) is 3.96. The van der Waals surface area contributed by atoms with Crippen LogP contribution in [0.2, 0.25) is 0 Å². The van der Waals surface area contributed by atoms with Gasteiger partial charge in [-0.1, -0.05) is 24.0 Å². The summed E-state index contributed by atoms with van der Waals surface area (Å²) in [7, 11) is 1.66. The first-order valence-electron chi connectivity index (χ1n) is 6.02. The number of hydrogen-bond acceptors (Lipinski definition) is 3. The third-order valence-corrected chi connectivity index (χ3v) is 2.52. The fourth-order valence-electron chi connectivity index (χ4n) is 1.52. The lowest BCUT2D eigenvalue weighted by molar-refractivity contribution is 0.0798. The van der Waals surface area contributed by atoms with E-state index in [1.807, 2.05) is 12.1 Å². The Morgan fingerprint density at radius 3 is 2.79 bits per heavy atom. The van der Waals surface area contributed by atoms with E-state index in [1.165, 1.54) is 4.90 Å². The number of aliphatic hydroxyl groups is 1. The highest BCUT2D eigenvalue weighted by atomic mass is 16.2. The van der Waals surface area contributed by atoms with Crippen molar-refractivity contribution in [2.75, 3.05) is 20.2 Å². The molecule has 0 saturated heterocycles. The molecule has 1 rings (SSSR count). The van der Waals surface area contributed by atoms with E-state index in [0.29, 0.717) is 30.5 Å². The Morgan fingerprint density at radius 1 is 1.37 bits per heavy atom. The first-order chi connectivity index (χ1) is 9.20. The molecule has 0 aliphatic heterocycles. The average molecular weight is 256 g/mol. The van der Waals surface area contributed by atoms with Gasteiger partial charge in [0.2, 0.25) is 0 Å². The van der Waals surface area contributed by atoms with Crippen molar-refractivity contribution >= 4 is 5.91 Å². The van der Waals surface area contributed by atoms with Crippen LogP contribution in [0.15, 0.2) is 24.3 Å². The maximum Gasteiger partial charge on any atom is 0.254 e. The molecule has 0 spiro atoms. The third kappa shape index (κ3) is 4.46. The van der Waals surface area contributed by atoms with Crippen LogP contribution in [-0.2, 0) is 0 Å². The number of benzene rings is 1. The van der Waals surface area contributed by atoms with E-state index < -0.39 is 0 Å². The lowest BCUT2D eigenvalue weighted by Crippen LogP contribution is -2.28. The Labute approximate surface area is 113 Å². The molecule has 0 unspecified atom stereocenters. The summed E-state index contributed by atoms with van der Waals surface area (Å²) < 4.78 is 0. The molecule has 1 amide bonds. The Bertz CT molecular complexity index is 535. The van der Waals surface area contributed by atoms with Crippen molar-refractivity contribution in [3.05, 3.63) is 35.4 Å². The van der Waals surface area contributed by atoms with Gasteiger partial charge in [0, 0.05) is 25.6 Å². The maximum atomic E-state index is 12.2. The number of rotatable bonds is 4. The molecule has 0 aliphatic carbocycles. The second kappa shape index (κ2) is 7.92. The van der Waals surface area contributed by atoms with Gasteiger partial charge in [0.1, 0.15) is 0 Å². The minimum Gasteiger partial charge on any atom is -0.395 e. The second-order valence-electron chi connectivity index (χ2n) is 3.96. The molecule has 0 heterocycles. The minimum atomic E-state index is -0.149. The molecule has 0 atom stereocenters. The van der Waals surface area contributed by atoms with Crippen molar-refractivity contribution in [3.63, 3.8) is 0 Å². The summed E-state index contributed by atoms with van der Waals surface area (Å²) in [4.78, 5) is 13.7. The normalized spacial score (nSPS) is 9.11. The number of nitrogens with zero attached hydrogens (tertiary/aromatic N) is 2. The van der Waals surface area contributed by atoms with Gasteiger partial charge in [-0.05, 0) is 12.1 Å². The first kappa shape index (κ1) is 14.8. The summed E-state index contributed by atoms with van der Waals surface area (Å²) in [5.74, 6) is 5.54. The molecule has 1 aromatic rings. The monoisotopic (exact) mass is 256 g/mol. The summed E-state index contributed by atoms with van der Waals surface area (Å²) >= 11 is 0. The first-order valence-corrected chi connectivity index (χ1v) is 6.02. The van der Waals surface area contributed by atoms with Crippen LogP contribution >= 0.6 is 0 Å². The highest BCUT2D eigenvalue weighted by Crippen LogP contribution is 2.10. The molecular formula is C15H16N2O2. The van der Waals surface area contributed by atoms with Gasteiger partial charge >= 0.3 is 0 Å². The van der Waals surface area contributed by atoms with Crippen molar-refractivity contribution in [3.8, 4) is 17.9 Å². The Kier molecular flexibility index (Phi) is 6.15. The summed E-state index contributed by atoms with van der Waals surface area (Å²) in [6, 6.07) is 9.10. The predicted octanol–water partition coefficient (Wildman–Crippen LogP) is 1.41. The van der Waals surface area contributed by atoms with Crippen LogP contribution < -0.4 is 0 Å². The van der Waals surface area contributed by atoms with E-state index in [9.17, 15) is 4.79 Å². The van der Waals surface area contributed by atoms with Gasteiger partial charge in [-0.2, -0.15) is 5.26 Å². The van der Waals surface area contributed by atoms with Gasteiger partial charge in [0.25, 0.3) is 5.91 Å². The van der Waals surface area contributed by atoms with Crippen molar-refractivity contribution in [2.45, 2.75) is 12.8 Å². The molecule has 1 N–H and O–H groups in total. The van der Waals surface area contributed by atoms with Crippen molar-refractivity contribution in [2.24, 2.45) is 0 Å². The average Bonchev–Trinajstić information content (AvgIpc) is 2.44. The molecule has 0 radical (unpaired) electrons. The summed E-state index contributed by atoms with van der Waals surface area (Å²) in [5.41, 5.74) is 1.16. The Hall–Kier alpha value is -2.30. The van der Waals surface area contributed by atoms with Gasteiger partial charge in [0.05, 0.1) is 24.7 Å². The number of carbonyl (C=O) groups excluding carboxylic acids is 1. The molecule has 4 nitrogen and oxygen atoms in total.